The van der Waals surface area contributed by atoms with Gasteiger partial charge in [-0.3, -0.25) is 0 Å². The van der Waals surface area contributed by atoms with E-state index in [4.69, 9.17) is 4.55 Å². The highest BCUT2D eigenvalue weighted by Gasteiger charge is 2.03. The molecule has 0 fully saturated rings. The summed E-state index contributed by atoms with van der Waals surface area (Å²) in [5, 5.41) is 0. The third kappa shape index (κ3) is 3.60. The molecule has 78 valence electrons. The first-order valence-corrected chi connectivity index (χ1v) is 6.16. The van der Waals surface area contributed by atoms with Crippen molar-refractivity contribution in [1.29, 1.82) is 0 Å². The Hall–Kier alpha value is -0.670. The Morgan fingerprint density at radius 2 is 1.93 bits per heavy atom. The fourth-order valence-electron chi connectivity index (χ4n) is 1.44. The van der Waals surface area contributed by atoms with Crippen LogP contribution in [0.4, 0.5) is 0 Å². The second kappa shape index (κ2) is 5.94. The molecule has 1 atom stereocenters. The summed E-state index contributed by atoms with van der Waals surface area (Å²) in [6.07, 6.45) is 3.29. The van der Waals surface area contributed by atoms with Crippen LogP contribution < -0.4 is 0 Å². The number of unbranched alkanes of at least 4 members (excludes halogenated alkanes) is 1. The first-order chi connectivity index (χ1) is 6.74. The van der Waals surface area contributed by atoms with E-state index in [1.54, 1.807) is 0 Å². The Labute approximate surface area is 87.6 Å². The topological polar surface area (TPSA) is 37.3 Å². The molecular formula is C11H16O2S. The van der Waals surface area contributed by atoms with Gasteiger partial charge in [0.25, 0.3) is 0 Å². The number of hydrogen-bond acceptors (Lipinski definition) is 1. The van der Waals surface area contributed by atoms with E-state index in [9.17, 15) is 4.21 Å². The second-order valence-corrected chi connectivity index (χ2v) is 4.27. The molecule has 0 amide bonds. The van der Waals surface area contributed by atoms with Crippen molar-refractivity contribution in [1.82, 2.24) is 0 Å². The van der Waals surface area contributed by atoms with Crippen LogP contribution in [0.1, 0.15) is 30.9 Å². The summed E-state index contributed by atoms with van der Waals surface area (Å²) in [4.78, 5) is 0. The molecule has 0 radical (unpaired) electrons. The van der Waals surface area contributed by atoms with Crippen LogP contribution in [0, 0.1) is 0 Å². The molecule has 0 aliphatic rings. The summed E-state index contributed by atoms with van der Waals surface area (Å²) >= 11 is -1.73. The van der Waals surface area contributed by atoms with Gasteiger partial charge in [-0.25, -0.2) is 4.21 Å². The van der Waals surface area contributed by atoms with Gasteiger partial charge in [-0.15, -0.1) is 0 Å². The molecule has 14 heavy (non-hydrogen) atoms. The van der Waals surface area contributed by atoms with Crippen molar-refractivity contribution < 1.29 is 8.76 Å². The van der Waals surface area contributed by atoms with Gasteiger partial charge in [-0.2, -0.15) is 0 Å². The molecule has 0 aliphatic carbocycles. The zero-order valence-corrected chi connectivity index (χ0v) is 9.22. The largest absolute Gasteiger partial charge is 0.306 e. The van der Waals surface area contributed by atoms with Crippen molar-refractivity contribution in [2.24, 2.45) is 0 Å². The average Bonchev–Trinajstić information content (AvgIpc) is 2.16. The zero-order chi connectivity index (χ0) is 10.4. The first-order valence-electron chi connectivity index (χ1n) is 4.88. The molecule has 1 aromatic carbocycles. The minimum atomic E-state index is -1.73. The van der Waals surface area contributed by atoms with Crippen molar-refractivity contribution in [2.75, 3.05) is 0 Å². The highest BCUT2D eigenvalue weighted by Crippen LogP contribution is 2.13. The minimum absolute atomic E-state index is 0.250. The van der Waals surface area contributed by atoms with E-state index in [1.165, 1.54) is 5.56 Å². The molecular weight excluding hydrogens is 196 g/mol. The predicted molar refractivity (Wildman–Crippen MR) is 59.5 cm³/mol. The summed E-state index contributed by atoms with van der Waals surface area (Å²) in [6.45, 7) is 2.15. The van der Waals surface area contributed by atoms with Crippen molar-refractivity contribution in [2.45, 2.75) is 31.9 Å². The lowest BCUT2D eigenvalue weighted by molar-refractivity contribution is 0.563. The Morgan fingerprint density at radius 1 is 1.29 bits per heavy atom. The molecule has 1 aromatic rings. The predicted octanol–water partition coefficient (Wildman–Crippen LogP) is 2.75. The highest BCUT2D eigenvalue weighted by molar-refractivity contribution is 7.78. The summed E-state index contributed by atoms with van der Waals surface area (Å²) < 4.78 is 19.5. The quantitative estimate of drug-likeness (QED) is 0.762. The van der Waals surface area contributed by atoms with E-state index in [1.807, 2.05) is 24.3 Å². The van der Waals surface area contributed by atoms with Crippen LogP contribution in [0.5, 0.6) is 0 Å². The lowest BCUT2D eigenvalue weighted by atomic mass is 10.0. The fraction of sp³-hybridized carbons (Fsp3) is 0.455. The molecule has 1 unspecified atom stereocenters. The van der Waals surface area contributed by atoms with Crippen LogP contribution in [-0.2, 0) is 23.3 Å². The standard InChI is InChI=1S/C11H16O2S/c1-2-3-6-10-7-4-5-8-11(10)9-14(12)13/h4-5,7-8H,2-3,6,9H2,1H3,(H,12,13). The number of benzene rings is 1. The maximum absolute atomic E-state index is 10.7. The fourth-order valence-corrected chi connectivity index (χ4v) is 1.99. The maximum Gasteiger partial charge on any atom is 0.157 e. The van der Waals surface area contributed by atoms with Gasteiger partial charge in [-0.1, -0.05) is 37.6 Å². The van der Waals surface area contributed by atoms with E-state index >= 15 is 0 Å². The number of hydrogen-bond donors (Lipinski definition) is 1. The van der Waals surface area contributed by atoms with Crippen molar-refractivity contribution in [3.63, 3.8) is 0 Å². The normalized spacial score (nSPS) is 12.7. The van der Waals surface area contributed by atoms with Crippen LogP contribution in [0.2, 0.25) is 0 Å². The van der Waals surface area contributed by atoms with Crippen LogP contribution >= 0.6 is 0 Å². The summed E-state index contributed by atoms with van der Waals surface area (Å²) in [6, 6.07) is 7.86. The van der Waals surface area contributed by atoms with Gasteiger partial charge in [0, 0.05) is 0 Å². The average molecular weight is 212 g/mol. The molecule has 0 aromatic heterocycles. The zero-order valence-electron chi connectivity index (χ0n) is 8.40. The van der Waals surface area contributed by atoms with Gasteiger partial charge < -0.3 is 4.55 Å². The lowest BCUT2D eigenvalue weighted by Crippen LogP contribution is -1.98. The lowest BCUT2D eigenvalue weighted by Gasteiger charge is -2.06. The van der Waals surface area contributed by atoms with Gasteiger partial charge in [0.1, 0.15) is 0 Å². The van der Waals surface area contributed by atoms with E-state index in [-0.39, 0.29) is 5.75 Å². The van der Waals surface area contributed by atoms with Gasteiger partial charge in [0.2, 0.25) is 0 Å². The van der Waals surface area contributed by atoms with Crippen LogP contribution in [0.3, 0.4) is 0 Å². The highest BCUT2D eigenvalue weighted by atomic mass is 32.2. The molecule has 0 heterocycles. The van der Waals surface area contributed by atoms with Crippen molar-refractivity contribution >= 4 is 11.1 Å². The summed E-state index contributed by atoms with van der Waals surface area (Å²) in [7, 11) is 0. The van der Waals surface area contributed by atoms with Crippen LogP contribution in [-0.4, -0.2) is 8.76 Å². The molecule has 1 rings (SSSR count). The van der Waals surface area contributed by atoms with E-state index in [0.29, 0.717) is 0 Å². The molecule has 0 bridgehead atoms. The van der Waals surface area contributed by atoms with E-state index in [0.717, 1.165) is 24.8 Å². The second-order valence-electron chi connectivity index (χ2n) is 3.34. The van der Waals surface area contributed by atoms with Crippen LogP contribution in [0.15, 0.2) is 24.3 Å². The molecule has 0 saturated carbocycles. The third-order valence-electron chi connectivity index (χ3n) is 2.20. The van der Waals surface area contributed by atoms with Crippen LogP contribution in [0.25, 0.3) is 0 Å². The summed E-state index contributed by atoms with van der Waals surface area (Å²) in [5.41, 5.74) is 2.21. The summed E-state index contributed by atoms with van der Waals surface area (Å²) in [5.74, 6) is 0.250. The van der Waals surface area contributed by atoms with E-state index < -0.39 is 11.1 Å². The Bertz CT molecular complexity index is 310. The Balaban J connectivity index is 2.74. The monoisotopic (exact) mass is 212 g/mol. The molecule has 1 N–H and O–H groups in total. The minimum Gasteiger partial charge on any atom is -0.306 e. The number of aryl methyl sites for hydroxylation is 1. The third-order valence-corrected chi connectivity index (χ3v) is 2.75. The Morgan fingerprint density at radius 3 is 2.50 bits per heavy atom. The van der Waals surface area contributed by atoms with Gasteiger partial charge in [0.05, 0.1) is 5.75 Å². The molecule has 0 aliphatic heterocycles. The molecule has 0 saturated heterocycles. The molecule has 2 nitrogen and oxygen atoms in total. The van der Waals surface area contributed by atoms with Gasteiger partial charge in [-0.05, 0) is 24.0 Å². The van der Waals surface area contributed by atoms with Crippen molar-refractivity contribution in [3.05, 3.63) is 35.4 Å². The SMILES string of the molecule is CCCCc1ccccc1CS(=O)O. The van der Waals surface area contributed by atoms with E-state index in [2.05, 4.69) is 6.92 Å². The number of rotatable bonds is 5. The molecule has 3 heteroatoms. The van der Waals surface area contributed by atoms with Gasteiger partial charge >= 0.3 is 0 Å². The van der Waals surface area contributed by atoms with Gasteiger partial charge in [0.15, 0.2) is 11.1 Å². The first kappa shape index (κ1) is 11.4. The van der Waals surface area contributed by atoms with Crippen molar-refractivity contribution in [3.8, 4) is 0 Å². The smallest absolute Gasteiger partial charge is 0.157 e. The molecule has 0 spiro atoms. The maximum atomic E-state index is 10.7. The Kier molecular flexibility index (Phi) is 4.84.